The van der Waals surface area contributed by atoms with E-state index in [-0.39, 0.29) is 35.2 Å². The van der Waals surface area contributed by atoms with Crippen molar-refractivity contribution in [2.24, 2.45) is 0 Å². The fourth-order valence-electron chi connectivity index (χ4n) is 3.56. The number of sulfonamides is 1. The van der Waals surface area contributed by atoms with Crippen LogP contribution in [-0.2, 0) is 10.0 Å². The summed E-state index contributed by atoms with van der Waals surface area (Å²) in [7, 11) is -3.89. The van der Waals surface area contributed by atoms with E-state index in [9.17, 15) is 18.5 Å². The van der Waals surface area contributed by atoms with Crippen LogP contribution in [0.2, 0.25) is 0 Å². The lowest BCUT2D eigenvalue weighted by Crippen LogP contribution is -2.31. The number of hydrogen-bond acceptors (Lipinski definition) is 7. The molecule has 3 aromatic rings. The Kier molecular flexibility index (Phi) is 4.66. The van der Waals surface area contributed by atoms with E-state index in [1.807, 2.05) is 0 Å². The number of non-ortho nitro benzene ring substituents is 1. The second-order valence-electron chi connectivity index (χ2n) is 7.55. The maximum absolute atomic E-state index is 13.4. The molecular formula is C21H19N3O6S. The van der Waals surface area contributed by atoms with E-state index in [4.69, 9.17) is 9.15 Å². The molecule has 0 atom stereocenters. The normalized spacial score (nSPS) is 16.3. The number of ether oxygens (including phenoxy) is 1. The first-order valence-corrected chi connectivity index (χ1v) is 11.4. The first-order chi connectivity index (χ1) is 14.9. The van der Waals surface area contributed by atoms with Crippen LogP contribution in [0.1, 0.15) is 31.1 Å². The summed E-state index contributed by atoms with van der Waals surface area (Å²) in [6.07, 6.45) is 4.29. The lowest BCUT2D eigenvalue weighted by atomic mass is 10.2. The van der Waals surface area contributed by atoms with Crippen molar-refractivity contribution in [3.05, 3.63) is 64.7 Å². The minimum absolute atomic E-state index is 0.115. The highest BCUT2D eigenvalue weighted by Crippen LogP contribution is 2.41. The Balaban J connectivity index is 1.46. The molecule has 5 rings (SSSR count). The molecule has 0 radical (unpaired) electrons. The minimum Gasteiger partial charge on any atom is -0.491 e. The van der Waals surface area contributed by atoms with Gasteiger partial charge >= 0.3 is 0 Å². The molecule has 10 heteroatoms. The van der Waals surface area contributed by atoms with Crippen LogP contribution in [0.15, 0.2) is 58.0 Å². The second kappa shape index (κ2) is 7.38. The standard InChI is InChI=1S/C21H19N3O6S/c25-24(26)16-6-9-18-19(12-16)29-11-1-10-23(18)31(27,28)17-7-4-14(5-8-17)20-13-22-21(30-20)15-2-3-15/h4-9,12-13,15H,1-3,10-11H2. The zero-order valence-electron chi connectivity index (χ0n) is 16.4. The molecule has 2 aliphatic rings. The molecule has 0 bridgehead atoms. The van der Waals surface area contributed by atoms with Gasteiger partial charge in [0.05, 0.1) is 34.4 Å². The van der Waals surface area contributed by atoms with Gasteiger partial charge in [-0.15, -0.1) is 0 Å². The predicted molar refractivity (Wildman–Crippen MR) is 112 cm³/mol. The van der Waals surface area contributed by atoms with Crippen LogP contribution in [0.25, 0.3) is 11.3 Å². The van der Waals surface area contributed by atoms with Gasteiger partial charge in [-0.25, -0.2) is 13.4 Å². The van der Waals surface area contributed by atoms with E-state index < -0.39 is 14.9 Å². The van der Waals surface area contributed by atoms with E-state index in [2.05, 4.69) is 4.98 Å². The number of benzene rings is 2. The SMILES string of the molecule is O=[N+]([O-])c1ccc2c(c1)OCCCN2S(=O)(=O)c1ccc(-c2cnc(C3CC3)o2)cc1. The van der Waals surface area contributed by atoms with Crippen molar-refractivity contribution in [2.75, 3.05) is 17.5 Å². The van der Waals surface area contributed by atoms with Gasteiger partial charge in [0, 0.05) is 30.5 Å². The Bertz CT molecular complexity index is 1250. The monoisotopic (exact) mass is 441 g/mol. The number of rotatable bonds is 5. The predicted octanol–water partition coefficient (Wildman–Crippen LogP) is 4.11. The second-order valence-corrected chi connectivity index (χ2v) is 9.41. The van der Waals surface area contributed by atoms with Gasteiger partial charge in [0.15, 0.2) is 11.7 Å². The van der Waals surface area contributed by atoms with Crippen molar-refractivity contribution in [3.8, 4) is 17.1 Å². The van der Waals surface area contributed by atoms with Crippen LogP contribution < -0.4 is 9.04 Å². The third kappa shape index (κ3) is 3.63. The topological polar surface area (TPSA) is 116 Å². The van der Waals surface area contributed by atoms with Crippen molar-refractivity contribution in [2.45, 2.75) is 30.1 Å². The van der Waals surface area contributed by atoms with Crippen LogP contribution in [0.4, 0.5) is 11.4 Å². The molecule has 160 valence electrons. The first kappa shape index (κ1) is 19.6. The summed E-state index contributed by atoms with van der Waals surface area (Å²) in [6.45, 7) is 0.482. The number of anilines is 1. The van der Waals surface area contributed by atoms with Gasteiger partial charge in [-0.05, 0) is 43.2 Å². The van der Waals surface area contributed by atoms with Crippen LogP contribution in [-0.4, -0.2) is 31.5 Å². The van der Waals surface area contributed by atoms with Crippen LogP contribution in [0, 0.1) is 10.1 Å². The third-order valence-corrected chi connectivity index (χ3v) is 7.19. The molecule has 2 heterocycles. The molecule has 2 aromatic carbocycles. The summed E-state index contributed by atoms with van der Waals surface area (Å²) in [5.74, 6) is 1.91. The number of oxazole rings is 1. The molecule has 1 saturated carbocycles. The Hall–Kier alpha value is -3.40. The fraction of sp³-hybridized carbons (Fsp3) is 0.286. The molecule has 0 saturated heterocycles. The van der Waals surface area contributed by atoms with Gasteiger partial charge in [-0.3, -0.25) is 14.4 Å². The third-order valence-electron chi connectivity index (χ3n) is 5.36. The van der Waals surface area contributed by atoms with Crippen molar-refractivity contribution in [3.63, 3.8) is 0 Å². The quantitative estimate of drug-likeness (QED) is 0.432. The number of nitro groups is 1. The highest BCUT2D eigenvalue weighted by atomic mass is 32.2. The van der Waals surface area contributed by atoms with Gasteiger partial charge < -0.3 is 9.15 Å². The van der Waals surface area contributed by atoms with E-state index in [1.54, 1.807) is 18.3 Å². The molecule has 1 fully saturated rings. The molecule has 0 N–H and O–H groups in total. The highest BCUT2D eigenvalue weighted by Gasteiger charge is 2.31. The Morgan fingerprint density at radius 2 is 1.90 bits per heavy atom. The van der Waals surface area contributed by atoms with Gasteiger partial charge in [-0.2, -0.15) is 0 Å². The summed E-state index contributed by atoms with van der Waals surface area (Å²) in [5.41, 5.74) is 0.880. The highest BCUT2D eigenvalue weighted by molar-refractivity contribution is 7.92. The molecule has 0 amide bonds. The molecule has 0 unspecified atom stereocenters. The zero-order chi connectivity index (χ0) is 21.6. The van der Waals surface area contributed by atoms with Crippen LogP contribution in [0.5, 0.6) is 5.75 Å². The van der Waals surface area contributed by atoms with Gasteiger partial charge in [-0.1, -0.05) is 0 Å². The van der Waals surface area contributed by atoms with E-state index in [1.165, 1.54) is 34.6 Å². The Morgan fingerprint density at radius 1 is 1.13 bits per heavy atom. The van der Waals surface area contributed by atoms with E-state index >= 15 is 0 Å². The Morgan fingerprint density at radius 3 is 2.61 bits per heavy atom. The minimum atomic E-state index is -3.89. The van der Waals surface area contributed by atoms with Gasteiger partial charge in [0.2, 0.25) is 0 Å². The molecular weight excluding hydrogens is 422 g/mol. The number of nitrogens with zero attached hydrogens (tertiary/aromatic N) is 3. The average molecular weight is 441 g/mol. The number of aromatic nitrogens is 1. The smallest absolute Gasteiger partial charge is 0.273 e. The summed E-state index contributed by atoms with van der Waals surface area (Å²) in [5, 5.41) is 11.1. The fourth-order valence-corrected chi connectivity index (χ4v) is 5.07. The van der Waals surface area contributed by atoms with E-state index in [0.717, 1.165) is 24.3 Å². The number of hydrogen-bond donors (Lipinski definition) is 0. The molecule has 31 heavy (non-hydrogen) atoms. The Labute approximate surface area is 178 Å². The van der Waals surface area contributed by atoms with Crippen molar-refractivity contribution in [1.29, 1.82) is 0 Å². The van der Waals surface area contributed by atoms with Crippen molar-refractivity contribution >= 4 is 21.4 Å². The van der Waals surface area contributed by atoms with Crippen LogP contribution in [0.3, 0.4) is 0 Å². The molecule has 9 nitrogen and oxygen atoms in total. The van der Waals surface area contributed by atoms with E-state index in [0.29, 0.717) is 18.1 Å². The lowest BCUT2D eigenvalue weighted by Gasteiger charge is -2.23. The van der Waals surface area contributed by atoms with Gasteiger partial charge in [0.25, 0.3) is 15.7 Å². The molecule has 1 aromatic heterocycles. The zero-order valence-corrected chi connectivity index (χ0v) is 17.2. The molecule has 1 aliphatic heterocycles. The first-order valence-electron chi connectivity index (χ1n) is 9.93. The summed E-state index contributed by atoms with van der Waals surface area (Å²) in [6, 6.07) is 10.4. The van der Waals surface area contributed by atoms with Crippen LogP contribution >= 0.6 is 0 Å². The van der Waals surface area contributed by atoms with Crippen molar-refractivity contribution < 1.29 is 22.5 Å². The maximum atomic E-state index is 13.4. The summed E-state index contributed by atoms with van der Waals surface area (Å²) in [4.78, 5) is 14.9. The molecule has 0 spiro atoms. The summed E-state index contributed by atoms with van der Waals surface area (Å²) >= 11 is 0. The summed E-state index contributed by atoms with van der Waals surface area (Å²) < 4.78 is 39.3. The van der Waals surface area contributed by atoms with Gasteiger partial charge in [0.1, 0.15) is 5.75 Å². The molecule has 1 aliphatic carbocycles. The number of nitro benzene ring substituents is 1. The lowest BCUT2D eigenvalue weighted by molar-refractivity contribution is -0.384. The average Bonchev–Trinajstić information content (AvgIpc) is 3.54. The number of fused-ring (bicyclic) bond motifs is 1. The largest absolute Gasteiger partial charge is 0.491 e. The maximum Gasteiger partial charge on any atom is 0.273 e. The van der Waals surface area contributed by atoms with Crippen molar-refractivity contribution in [1.82, 2.24) is 4.98 Å².